The molecule has 1 aromatic heterocycles. The lowest BCUT2D eigenvalue weighted by atomic mass is 10.2. The number of nitrogens with zero attached hydrogens (tertiary/aromatic N) is 1. The van der Waals surface area contributed by atoms with Crippen LogP contribution in [0.4, 0.5) is 16.2 Å². The minimum Gasteiger partial charge on any atom is -0.336 e. The van der Waals surface area contributed by atoms with E-state index in [1.165, 1.54) is 35.6 Å². The molecular weight excluding hydrogens is 436 g/mol. The minimum absolute atomic E-state index is 0.0915. The van der Waals surface area contributed by atoms with Crippen LogP contribution in [0.3, 0.4) is 0 Å². The molecule has 2 aromatic carbocycles. The lowest BCUT2D eigenvalue weighted by Gasteiger charge is -2.14. The summed E-state index contributed by atoms with van der Waals surface area (Å²) in [5.41, 5.74) is 1.65. The SMILES string of the molecule is O=C(Nc1ccc(N2CCNC2=O)cc1)c1ccc(S(=O)(=O)NCc2cccs2)cc1. The number of amides is 3. The second-order valence-corrected chi connectivity index (χ2v) is 9.61. The molecule has 1 aliphatic rings. The number of rotatable bonds is 7. The number of benzene rings is 2. The first-order valence-electron chi connectivity index (χ1n) is 9.51. The quantitative estimate of drug-likeness (QED) is 0.508. The van der Waals surface area contributed by atoms with Gasteiger partial charge in [-0.2, -0.15) is 0 Å². The number of hydrogen-bond acceptors (Lipinski definition) is 5. The Hall–Kier alpha value is -3.21. The average molecular weight is 457 g/mol. The van der Waals surface area contributed by atoms with Gasteiger partial charge in [0.1, 0.15) is 0 Å². The maximum absolute atomic E-state index is 12.5. The Kier molecular flexibility index (Phi) is 6.03. The van der Waals surface area contributed by atoms with Crippen molar-refractivity contribution in [3.8, 4) is 0 Å². The molecule has 0 bridgehead atoms. The molecule has 3 amide bonds. The lowest BCUT2D eigenvalue weighted by Crippen LogP contribution is -2.27. The monoisotopic (exact) mass is 456 g/mol. The normalized spacial score (nSPS) is 13.8. The molecule has 31 heavy (non-hydrogen) atoms. The van der Waals surface area contributed by atoms with Gasteiger partial charge in [-0.25, -0.2) is 17.9 Å². The Balaban J connectivity index is 1.38. The molecule has 0 radical (unpaired) electrons. The molecule has 0 unspecified atom stereocenters. The minimum atomic E-state index is -3.67. The molecule has 0 saturated carbocycles. The molecule has 8 nitrogen and oxygen atoms in total. The first-order valence-corrected chi connectivity index (χ1v) is 11.9. The van der Waals surface area contributed by atoms with Crippen LogP contribution in [0.5, 0.6) is 0 Å². The molecule has 4 rings (SSSR count). The number of anilines is 2. The van der Waals surface area contributed by atoms with E-state index in [0.717, 1.165) is 10.6 Å². The number of thiophene rings is 1. The van der Waals surface area contributed by atoms with Gasteiger partial charge in [0, 0.05) is 41.4 Å². The Bertz CT molecular complexity index is 1180. The summed E-state index contributed by atoms with van der Waals surface area (Å²) in [7, 11) is -3.67. The van der Waals surface area contributed by atoms with Crippen molar-refractivity contribution in [3.63, 3.8) is 0 Å². The maximum Gasteiger partial charge on any atom is 0.321 e. The molecule has 1 fully saturated rings. The first kappa shape index (κ1) is 21.0. The van der Waals surface area contributed by atoms with Crippen LogP contribution >= 0.6 is 11.3 Å². The van der Waals surface area contributed by atoms with Crippen molar-refractivity contribution in [2.24, 2.45) is 0 Å². The highest BCUT2D eigenvalue weighted by Crippen LogP contribution is 2.20. The van der Waals surface area contributed by atoms with Crippen LogP contribution in [-0.4, -0.2) is 33.4 Å². The molecule has 2 heterocycles. The Morgan fingerprint density at radius 1 is 1.06 bits per heavy atom. The third kappa shape index (κ3) is 4.93. The lowest BCUT2D eigenvalue weighted by molar-refractivity contribution is 0.102. The van der Waals surface area contributed by atoms with Gasteiger partial charge >= 0.3 is 6.03 Å². The summed E-state index contributed by atoms with van der Waals surface area (Å²) in [5, 5.41) is 7.39. The zero-order valence-electron chi connectivity index (χ0n) is 16.4. The maximum atomic E-state index is 12.5. The summed E-state index contributed by atoms with van der Waals surface area (Å²) in [5.74, 6) is -0.359. The van der Waals surface area contributed by atoms with Gasteiger partial charge in [-0.3, -0.25) is 9.69 Å². The molecule has 0 atom stereocenters. The predicted molar refractivity (Wildman–Crippen MR) is 120 cm³/mol. The van der Waals surface area contributed by atoms with E-state index in [0.29, 0.717) is 24.3 Å². The highest BCUT2D eigenvalue weighted by molar-refractivity contribution is 7.89. The van der Waals surface area contributed by atoms with Crippen LogP contribution in [0.25, 0.3) is 0 Å². The van der Waals surface area contributed by atoms with Crippen molar-refractivity contribution >= 4 is 44.7 Å². The van der Waals surface area contributed by atoms with E-state index in [-0.39, 0.29) is 23.4 Å². The second-order valence-electron chi connectivity index (χ2n) is 6.81. The van der Waals surface area contributed by atoms with E-state index in [1.54, 1.807) is 29.2 Å². The largest absolute Gasteiger partial charge is 0.336 e. The van der Waals surface area contributed by atoms with Crippen molar-refractivity contribution in [3.05, 3.63) is 76.5 Å². The fourth-order valence-electron chi connectivity index (χ4n) is 3.09. The summed E-state index contributed by atoms with van der Waals surface area (Å²) >= 11 is 1.47. The van der Waals surface area contributed by atoms with E-state index in [2.05, 4.69) is 15.4 Å². The number of carbonyl (C=O) groups is 2. The first-order chi connectivity index (χ1) is 14.9. The van der Waals surface area contributed by atoms with E-state index in [4.69, 9.17) is 0 Å². The Labute approximate surface area is 183 Å². The Morgan fingerprint density at radius 3 is 2.42 bits per heavy atom. The third-order valence-electron chi connectivity index (χ3n) is 4.74. The Morgan fingerprint density at radius 2 is 1.81 bits per heavy atom. The number of nitrogens with one attached hydrogen (secondary N) is 3. The van der Waals surface area contributed by atoms with Crippen molar-refractivity contribution < 1.29 is 18.0 Å². The molecule has 1 aliphatic heterocycles. The van der Waals surface area contributed by atoms with Crippen LogP contribution in [0, 0.1) is 0 Å². The van der Waals surface area contributed by atoms with E-state index in [1.807, 2.05) is 17.5 Å². The van der Waals surface area contributed by atoms with Crippen molar-refractivity contribution in [2.45, 2.75) is 11.4 Å². The summed E-state index contributed by atoms with van der Waals surface area (Å²) in [6.07, 6.45) is 0. The molecular formula is C21H20N4O4S2. The average Bonchev–Trinajstić information content (AvgIpc) is 3.45. The van der Waals surface area contributed by atoms with Crippen LogP contribution in [0.2, 0.25) is 0 Å². The zero-order valence-corrected chi connectivity index (χ0v) is 18.0. The number of sulfonamides is 1. The second kappa shape index (κ2) is 8.88. The van der Waals surface area contributed by atoms with Gasteiger partial charge in [-0.15, -0.1) is 11.3 Å². The standard InChI is InChI=1S/C21H20N4O4S2/c26-20(24-16-5-7-17(8-6-16)25-12-11-22-21(25)27)15-3-9-19(10-4-15)31(28,29)23-14-18-2-1-13-30-18/h1-10,13,23H,11-12,14H2,(H,22,27)(H,24,26). The van der Waals surface area contributed by atoms with Gasteiger partial charge in [0.25, 0.3) is 5.91 Å². The van der Waals surface area contributed by atoms with Crippen molar-refractivity contribution in [1.29, 1.82) is 0 Å². The van der Waals surface area contributed by atoms with Gasteiger partial charge in [0.15, 0.2) is 0 Å². The van der Waals surface area contributed by atoms with Crippen LogP contribution in [0.1, 0.15) is 15.2 Å². The van der Waals surface area contributed by atoms with Crippen molar-refractivity contribution in [2.75, 3.05) is 23.3 Å². The van der Waals surface area contributed by atoms with Gasteiger partial charge in [-0.1, -0.05) is 6.07 Å². The highest BCUT2D eigenvalue weighted by atomic mass is 32.2. The molecule has 3 N–H and O–H groups in total. The zero-order chi connectivity index (χ0) is 21.8. The van der Waals surface area contributed by atoms with Gasteiger partial charge in [-0.05, 0) is 60.0 Å². The number of urea groups is 1. The van der Waals surface area contributed by atoms with E-state index in [9.17, 15) is 18.0 Å². The topological polar surface area (TPSA) is 108 Å². The number of hydrogen-bond donors (Lipinski definition) is 3. The van der Waals surface area contributed by atoms with Crippen LogP contribution in [-0.2, 0) is 16.6 Å². The molecule has 0 spiro atoms. The van der Waals surface area contributed by atoms with E-state index < -0.39 is 10.0 Å². The van der Waals surface area contributed by atoms with Crippen LogP contribution < -0.4 is 20.3 Å². The summed E-state index contributed by atoms with van der Waals surface area (Å²) in [6.45, 7) is 1.42. The van der Waals surface area contributed by atoms with Crippen LogP contribution in [0.15, 0.2) is 70.9 Å². The fourth-order valence-corrected chi connectivity index (χ4v) is 4.84. The summed E-state index contributed by atoms with van der Waals surface area (Å²) in [4.78, 5) is 26.8. The highest BCUT2D eigenvalue weighted by Gasteiger charge is 2.21. The molecule has 0 aliphatic carbocycles. The smallest absolute Gasteiger partial charge is 0.321 e. The molecule has 3 aromatic rings. The van der Waals surface area contributed by atoms with Gasteiger partial charge in [0.2, 0.25) is 10.0 Å². The molecule has 160 valence electrons. The van der Waals surface area contributed by atoms with Crippen molar-refractivity contribution in [1.82, 2.24) is 10.0 Å². The summed E-state index contributed by atoms with van der Waals surface area (Å²) < 4.78 is 27.4. The van der Waals surface area contributed by atoms with Gasteiger partial charge in [0.05, 0.1) is 4.90 Å². The number of carbonyl (C=O) groups excluding carboxylic acids is 2. The van der Waals surface area contributed by atoms with Gasteiger partial charge < -0.3 is 10.6 Å². The summed E-state index contributed by atoms with van der Waals surface area (Å²) in [6, 6.07) is 16.3. The molecule has 10 heteroatoms. The fraction of sp³-hybridized carbons (Fsp3) is 0.143. The predicted octanol–water partition coefficient (Wildman–Crippen LogP) is 3.01. The third-order valence-corrected chi connectivity index (χ3v) is 7.03. The van der Waals surface area contributed by atoms with E-state index >= 15 is 0 Å². The molecule has 1 saturated heterocycles.